The average Bonchev–Trinajstić information content (AvgIpc) is 3.06. The molecule has 0 aliphatic rings. The Morgan fingerprint density at radius 3 is 2.52 bits per heavy atom. The molecule has 126 valence electrons. The number of carbonyl (C=O) groups excluding carboxylic acids is 1. The highest BCUT2D eigenvalue weighted by molar-refractivity contribution is 6.42. The van der Waals surface area contributed by atoms with Gasteiger partial charge >= 0.3 is 0 Å². The highest BCUT2D eigenvalue weighted by atomic mass is 35.5. The first kappa shape index (κ1) is 17.5. The van der Waals surface area contributed by atoms with Crippen molar-refractivity contribution in [2.24, 2.45) is 0 Å². The largest absolute Gasteiger partial charge is 0.289 e. The molecule has 0 saturated carbocycles. The van der Waals surface area contributed by atoms with Crippen LogP contribution in [0.25, 0.3) is 17.3 Å². The summed E-state index contributed by atoms with van der Waals surface area (Å²) in [5, 5.41) is 8.02. The van der Waals surface area contributed by atoms with Crippen molar-refractivity contribution in [3.63, 3.8) is 0 Å². The fourth-order valence-electron chi connectivity index (χ4n) is 2.38. The summed E-state index contributed by atoms with van der Waals surface area (Å²) >= 11 is 11.8. The average molecular weight is 371 g/mol. The molecular formula is C20H16Cl2N2O. The molecule has 0 unspecified atom stereocenters. The van der Waals surface area contributed by atoms with E-state index in [4.69, 9.17) is 23.2 Å². The quantitative estimate of drug-likeness (QED) is 0.459. The van der Waals surface area contributed by atoms with Crippen LogP contribution in [0.3, 0.4) is 0 Å². The van der Waals surface area contributed by atoms with Crippen molar-refractivity contribution >= 4 is 35.1 Å². The number of hydrogen-bond acceptors (Lipinski definition) is 2. The van der Waals surface area contributed by atoms with E-state index in [-0.39, 0.29) is 5.78 Å². The number of rotatable bonds is 4. The van der Waals surface area contributed by atoms with Crippen molar-refractivity contribution < 1.29 is 4.79 Å². The van der Waals surface area contributed by atoms with Gasteiger partial charge in [0.05, 0.1) is 21.4 Å². The van der Waals surface area contributed by atoms with Crippen molar-refractivity contribution in [1.82, 2.24) is 10.2 Å². The molecule has 0 fully saturated rings. The van der Waals surface area contributed by atoms with Crippen molar-refractivity contribution in [2.45, 2.75) is 13.8 Å². The van der Waals surface area contributed by atoms with Crippen LogP contribution >= 0.6 is 23.2 Å². The van der Waals surface area contributed by atoms with Gasteiger partial charge in [0, 0.05) is 11.1 Å². The molecule has 3 aromatic rings. The number of ketones is 1. The van der Waals surface area contributed by atoms with Crippen LogP contribution in [-0.2, 0) is 0 Å². The van der Waals surface area contributed by atoms with Gasteiger partial charge in [-0.25, -0.2) is 0 Å². The maximum atomic E-state index is 12.2. The van der Waals surface area contributed by atoms with Gasteiger partial charge in [0.25, 0.3) is 0 Å². The van der Waals surface area contributed by atoms with Gasteiger partial charge < -0.3 is 0 Å². The maximum Gasteiger partial charge on any atom is 0.185 e. The van der Waals surface area contributed by atoms with Crippen molar-refractivity contribution in [2.75, 3.05) is 0 Å². The second kappa shape index (κ2) is 7.26. The van der Waals surface area contributed by atoms with Crippen LogP contribution in [0.15, 0.2) is 48.5 Å². The van der Waals surface area contributed by atoms with Crippen molar-refractivity contribution in [1.29, 1.82) is 0 Å². The molecule has 5 heteroatoms. The Hall–Kier alpha value is -2.36. The summed E-state index contributed by atoms with van der Waals surface area (Å²) in [6.45, 7) is 4.15. The van der Waals surface area contributed by atoms with E-state index in [1.807, 2.05) is 12.1 Å². The lowest BCUT2D eigenvalue weighted by Gasteiger charge is -2.01. The molecule has 0 atom stereocenters. The number of aromatic nitrogens is 2. The van der Waals surface area contributed by atoms with Gasteiger partial charge in [-0.15, -0.1) is 0 Å². The van der Waals surface area contributed by atoms with Crippen LogP contribution in [0.1, 0.15) is 27.2 Å². The van der Waals surface area contributed by atoms with Gasteiger partial charge in [-0.3, -0.25) is 9.89 Å². The van der Waals surface area contributed by atoms with Crippen LogP contribution in [0.4, 0.5) is 0 Å². The molecule has 2 aromatic carbocycles. The van der Waals surface area contributed by atoms with E-state index in [0.717, 1.165) is 17.0 Å². The first-order chi connectivity index (χ1) is 11.9. The molecule has 0 aliphatic carbocycles. The lowest BCUT2D eigenvalue weighted by molar-refractivity contribution is 0.104. The maximum absolute atomic E-state index is 12.2. The summed E-state index contributed by atoms with van der Waals surface area (Å²) in [5.41, 5.74) is 5.57. The highest BCUT2D eigenvalue weighted by Gasteiger charge is 2.07. The van der Waals surface area contributed by atoms with Crippen molar-refractivity contribution in [3.8, 4) is 11.3 Å². The minimum atomic E-state index is -0.152. The van der Waals surface area contributed by atoms with Crippen LogP contribution < -0.4 is 0 Å². The number of H-pyrrole nitrogens is 1. The zero-order valence-corrected chi connectivity index (χ0v) is 15.3. The predicted octanol–water partition coefficient (Wildman–Crippen LogP) is 5.90. The highest BCUT2D eigenvalue weighted by Crippen LogP contribution is 2.24. The number of carbonyl (C=O) groups is 1. The number of benzene rings is 2. The number of nitrogens with one attached hydrogen (secondary N) is 1. The van der Waals surface area contributed by atoms with E-state index in [1.54, 1.807) is 24.3 Å². The zero-order valence-electron chi connectivity index (χ0n) is 13.8. The summed E-state index contributed by atoms with van der Waals surface area (Å²) in [5.74, 6) is -0.152. The molecule has 0 radical (unpaired) electrons. The SMILES string of the molecule is Cc1ccc(-c2cc(/C=C/C(=O)c3ccc(Cl)c(Cl)c3)[nH]n2)cc1C. The topological polar surface area (TPSA) is 45.8 Å². The molecule has 0 aliphatic heterocycles. The fraction of sp³-hybridized carbons (Fsp3) is 0.100. The van der Waals surface area contributed by atoms with E-state index in [1.165, 1.54) is 17.2 Å². The van der Waals surface area contributed by atoms with Gasteiger partial charge in [0.2, 0.25) is 0 Å². The molecule has 0 spiro atoms. The van der Waals surface area contributed by atoms with E-state index in [9.17, 15) is 4.79 Å². The van der Waals surface area contributed by atoms with E-state index in [0.29, 0.717) is 15.6 Å². The van der Waals surface area contributed by atoms with Gasteiger partial charge in [-0.1, -0.05) is 35.3 Å². The molecule has 1 heterocycles. The Kier molecular flexibility index (Phi) is 5.07. The summed E-state index contributed by atoms with van der Waals surface area (Å²) in [6, 6.07) is 12.9. The summed E-state index contributed by atoms with van der Waals surface area (Å²) < 4.78 is 0. The molecular weight excluding hydrogens is 355 g/mol. The predicted molar refractivity (Wildman–Crippen MR) is 103 cm³/mol. The lowest BCUT2D eigenvalue weighted by atomic mass is 10.0. The van der Waals surface area contributed by atoms with E-state index < -0.39 is 0 Å². The van der Waals surface area contributed by atoms with Gasteiger partial charge in [-0.05, 0) is 67.5 Å². The normalized spacial score (nSPS) is 11.2. The van der Waals surface area contributed by atoms with Gasteiger partial charge in [0.15, 0.2) is 5.78 Å². The van der Waals surface area contributed by atoms with Gasteiger partial charge in [-0.2, -0.15) is 5.10 Å². The van der Waals surface area contributed by atoms with E-state index in [2.05, 4.69) is 36.2 Å². The first-order valence-corrected chi connectivity index (χ1v) is 8.50. The number of nitrogens with zero attached hydrogens (tertiary/aromatic N) is 1. The zero-order chi connectivity index (χ0) is 18.0. The molecule has 3 nitrogen and oxygen atoms in total. The number of halogens is 2. The monoisotopic (exact) mass is 370 g/mol. The van der Waals surface area contributed by atoms with Crippen LogP contribution in [-0.4, -0.2) is 16.0 Å². The number of hydrogen-bond donors (Lipinski definition) is 1. The number of allylic oxidation sites excluding steroid dienone is 1. The van der Waals surface area contributed by atoms with Crippen LogP contribution in [0.2, 0.25) is 10.0 Å². The van der Waals surface area contributed by atoms with E-state index >= 15 is 0 Å². The second-order valence-electron chi connectivity index (χ2n) is 5.83. The minimum absolute atomic E-state index is 0.152. The van der Waals surface area contributed by atoms with Crippen molar-refractivity contribution in [3.05, 3.63) is 81.0 Å². The molecule has 25 heavy (non-hydrogen) atoms. The summed E-state index contributed by atoms with van der Waals surface area (Å²) in [7, 11) is 0. The molecule has 0 saturated heterocycles. The smallest absolute Gasteiger partial charge is 0.185 e. The minimum Gasteiger partial charge on any atom is -0.289 e. The van der Waals surface area contributed by atoms with Crippen LogP contribution in [0, 0.1) is 13.8 Å². The third kappa shape index (κ3) is 4.01. The molecule has 3 rings (SSSR count). The Labute approximate surface area is 156 Å². The lowest BCUT2D eigenvalue weighted by Crippen LogP contribution is -1.93. The second-order valence-corrected chi connectivity index (χ2v) is 6.65. The first-order valence-electron chi connectivity index (χ1n) is 7.74. The summed E-state index contributed by atoms with van der Waals surface area (Å²) in [6.07, 6.45) is 3.18. The Balaban J connectivity index is 1.78. The molecule has 0 bridgehead atoms. The molecule has 1 aromatic heterocycles. The fourth-order valence-corrected chi connectivity index (χ4v) is 2.68. The Morgan fingerprint density at radius 1 is 1.00 bits per heavy atom. The Bertz CT molecular complexity index is 974. The summed E-state index contributed by atoms with van der Waals surface area (Å²) in [4.78, 5) is 12.2. The number of aryl methyl sites for hydroxylation is 2. The molecule has 0 amide bonds. The Morgan fingerprint density at radius 2 is 1.80 bits per heavy atom. The third-order valence-electron chi connectivity index (χ3n) is 4.02. The standard InChI is InChI=1S/C20H16Cl2N2O/c1-12-3-4-14(9-13(12)2)19-11-16(23-24-19)6-8-20(25)15-5-7-17(21)18(22)10-15/h3-11H,1-2H3,(H,23,24)/b8-6+. The van der Waals surface area contributed by atoms with Gasteiger partial charge in [0.1, 0.15) is 0 Å². The third-order valence-corrected chi connectivity index (χ3v) is 4.76. The number of aromatic amines is 1. The molecule has 1 N–H and O–H groups in total. The van der Waals surface area contributed by atoms with Crippen LogP contribution in [0.5, 0.6) is 0 Å².